The Morgan fingerprint density at radius 2 is 1.88 bits per heavy atom. The third kappa shape index (κ3) is 2.68. The topological polar surface area (TPSA) is 29.3 Å². The molecule has 0 heterocycles. The third-order valence-corrected chi connectivity index (χ3v) is 5.18. The number of nitrogens with zero attached hydrogens (tertiary/aromatic N) is 1. The van der Waals surface area contributed by atoms with E-state index in [0.29, 0.717) is 5.54 Å². The van der Waals surface area contributed by atoms with Gasteiger partial charge in [0.25, 0.3) is 0 Å². The van der Waals surface area contributed by atoms with Crippen molar-refractivity contribution in [3.63, 3.8) is 0 Å². The Labute approximate surface area is 107 Å². The molecule has 0 aromatic carbocycles. The van der Waals surface area contributed by atoms with Crippen molar-refractivity contribution < 1.29 is 0 Å². The molecule has 0 bridgehead atoms. The minimum atomic E-state index is 0.336. The largest absolute Gasteiger partial charge is 0.329 e. The first-order chi connectivity index (χ1) is 8.13. The summed E-state index contributed by atoms with van der Waals surface area (Å²) in [5, 5.41) is 0. The summed E-state index contributed by atoms with van der Waals surface area (Å²) in [6.07, 6.45) is 8.09. The van der Waals surface area contributed by atoms with E-state index in [1.165, 1.54) is 45.1 Å². The van der Waals surface area contributed by atoms with E-state index < -0.39 is 0 Å². The van der Waals surface area contributed by atoms with Gasteiger partial charge in [-0.2, -0.15) is 0 Å². The van der Waals surface area contributed by atoms with Gasteiger partial charge >= 0.3 is 0 Å². The SMILES string of the molecule is CCCN(C1CC1)C1(CN)CCC(C)C(C)C1. The summed E-state index contributed by atoms with van der Waals surface area (Å²) in [7, 11) is 0. The van der Waals surface area contributed by atoms with Crippen molar-refractivity contribution in [2.24, 2.45) is 17.6 Å². The van der Waals surface area contributed by atoms with Crippen LogP contribution in [0.3, 0.4) is 0 Å². The lowest BCUT2D eigenvalue weighted by molar-refractivity contribution is 0.0148. The standard InChI is InChI=1S/C15H30N2/c1-4-9-17(14-5-6-14)15(11-16)8-7-12(2)13(3)10-15/h12-14H,4-11,16H2,1-3H3. The van der Waals surface area contributed by atoms with Crippen LogP contribution in [0.4, 0.5) is 0 Å². The lowest BCUT2D eigenvalue weighted by atomic mass is 9.70. The molecule has 0 aliphatic heterocycles. The van der Waals surface area contributed by atoms with Crippen molar-refractivity contribution in [1.29, 1.82) is 0 Å². The molecule has 0 radical (unpaired) electrons. The van der Waals surface area contributed by atoms with Crippen molar-refractivity contribution in [1.82, 2.24) is 4.90 Å². The highest BCUT2D eigenvalue weighted by molar-refractivity contribution is 5.02. The minimum Gasteiger partial charge on any atom is -0.329 e. The van der Waals surface area contributed by atoms with Crippen LogP contribution in [0.1, 0.15) is 59.3 Å². The molecule has 17 heavy (non-hydrogen) atoms. The highest BCUT2D eigenvalue weighted by atomic mass is 15.3. The van der Waals surface area contributed by atoms with E-state index in [9.17, 15) is 0 Å². The van der Waals surface area contributed by atoms with Gasteiger partial charge in [-0.05, 0) is 56.9 Å². The van der Waals surface area contributed by atoms with Gasteiger partial charge in [-0.25, -0.2) is 0 Å². The maximum Gasteiger partial charge on any atom is 0.0337 e. The van der Waals surface area contributed by atoms with Crippen LogP contribution < -0.4 is 5.73 Å². The Morgan fingerprint density at radius 3 is 2.35 bits per heavy atom. The van der Waals surface area contributed by atoms with Crippen LogP contribution in [0.2, 0.25) is 0 Å². The zero-order valence-corrected chi connectivity index (χ0v) is 11.9. The molecule has 0 spiro atoms. The van der Waals surface area contributed by atoms with Crippen LogP contribution in [0.25, 0.3) is 0 Å². The summed E-state index contributed by atoms with van der Waals surface area (Å²) in [6.45, 7) is 9.25. The highest BCUT2D eigenvalue weighted by Crippen LogP contribution is 2.43. The van der Waals surface area contributed by atoms with E-state index in [-0.39, 0.29) is 0 Å². The molecule has 0 amide bonds. The fraction of sp³-hybridized carbons (Fsp3) is 1.00. The molecular weight excluding hydrogens is 208 g/mol. The van der Waals surface area contributed by atoms with E-state index in [1.807, 2.05) is 0 Å². The van der Waals surface area contributed by atoms with Gasteiger partial charge in [0, 0.05) is 18.1 Å². The summed E-state index contributed by atoms with van der Waals surface area (Å²) < 4.78 is 0. The van der Waals surface area contributed by atoms with Crippen molar-refractivity contribution >= 4 is 0 Å². The first-order valence-electron chi connectivity index (χ1n) is 7.60. The Kier molecular flexibility index (Phi) is 4.14. The number of rotatable bonds is 5. The lowest BCUT2D eigenvalue weighted by Gasteiger charge is -2.50. The van der Waals surface area contributed by atoms with E-state index in [2.05, 4.69) is 25.7 Å². The molecule has 2 fully saturated rings. The van der Waals surface area contributed by atoms with Crippen molar-refractivity contribution in [2.45, 2.75) is 70.9 Å². The van der Waals surface area contributed by atoms with Crippen LogP contribution in [-0.2, 0) is 0 Å². The molecule has 3 atom stereocenters. The molecule has 0 saturated heterocycles. The van der Waals surface area contributed by atoms with Gasteiger partial charge in [0.15, 0.2) is 0 Å². The molecule has 2 nitrogen and oxygen atoms in total. The minimum absolute atomic E-state index is 0.336. The maximum atomic E-state index is 6.20. The van der Waals surface area contributed by atoms with Gasteiger partial charge in [-0.15, -0.1) is 0 Å². The Bertz CT molecular complexity index is 249. The summed E-state index contributed by atoms with van der Waals surface area (Å²) in [6, 6.07) is 0.860. The number of hydrogen-bond donors (Lipinski definition) is 1. The highest BCUT2D eigenvalue weighted by Gasteiger charge is 2.46. The maximum absolute atomic E-state index is 6.20. The zero-order valence-electron chi connectivity index (χ0n) is 11.9. The first-order valence-corrected chi connectivity index (χ1v) is 7.60. The smallest absolute Gasteiger partial charge is 0.0337 e. The number of nitrogens with two attached hydrogens (primary N) is 1. The molecule has 2 N–H and O–H groups in total. The average molecular weight is 238 g/mol. The van der Waals surface area contributed by atoms with Crippen LogP contribution in [0.5, 0.6) is 0 Å². The molecule has 3 unspecified atom stereocenters. The Balaban J connectivity index is 2.11. The summed E-state index contributed by atoms with van der Waals surface area (Å²) in [4.78, 5) is 2.79. The van der Waals surface area contributed by atoms with Gasteiger partial charge in [-0.3, -0.25) is 4.90 Å². The first kappa shape index (κ1) is 13.4. The Morgan fingerprint density at radius 1 is 1.18 bits per heavy atom. The molecule has 0 aromatic heterocycles. The third-order valence-electron chi connectivity index (χ3n) is 5.18. The van der Waals surface area contributed by atoms with Gasteiger partial charge in [0.1, 0.15) is 0 Å². The van der Waals surface area contributed by atoms with Crippen LogP contribution >= 0.6 is 0 Å². The van der Waals surface area contributed by atoms with Crippen LogP contribution in [-0.4, -0.2) is 29.6 Å². The van der Waals surface area contributed by atoms with Crippen molar-refractivity contribution in [3.05, 3.63) is 0 Å². The van der Waals surface area contributed by atoms with Gasteiger partial charge in [-0.1, -0.05) is 20.8 Å². The predicted octanol–water partition coefficient (Wildman–Crippen LogP) is 3.01. The van der Waals surface area contributed by atoms with E-state index in [4.69, 9.17) is 5.73 Å². The van der Waals surface area contributed by atoms with Crippen molar-refractivity contribution in [3.8, 4) is 0 Å². The summed E-state index contributed by atoms with van der Waals surface area (Å²) in [5.74, 6) is 1.72. The fourth-order valence-electron chi connectivity index (χ4n) is 3.68. The monoisotopic (exact) mass is 238 g/mol. The quantitative estimate of drug-likeness (QED) is 0.798. The normalized spacial score (nSPS) is 38.6. The zero-order chi connectivity index (χ0) is 12.5. The van der Waals surface area contributed by atoms with Gasteiger partial charge < -0.3 is 5.73 Å². The molecule has 0 aromatic rings. The second kappa shape index (κ2) is 5.27. The van der Waals surface area contributed by atoms with Crippen LogP contribution in [0, 0.1) is 11.8 Å². The fourth-order valence-corrected chi connectivity index (χ4v) is 3.68. The molecule has 2 saturated carbocycles. The molecule has 2 aliphatic carbocycles. The second-order valence-electron chi connectivity index (χ2n) is 6.55. The van der Waals surface area contributed by atoms with E-state index >= 15 is 0 Å². The number of hydrogen-bond acceptors (Lipinski definition) is 2. The Hall–Kier alpha value is -0.0800. The molecule has 2 aliphatic rings. The van der Waals surface area contributed by atoms with Gasteiger partial charge in [0.2, 0.25) is 0 Å². The molecular formula is C15H30N2. The summed E-state index contributed by atoms with van der Waals surface area (Å²) >= 11 is 0. The van der Waals surface area contributed by atoms with Crippen molar-refractivity contribution in [2.75, 3.05) is 13.1 Å². The van der Waals surface area contributed by atoms with E-state index in [0.717, 1.165) is 24.4 Å². The lowest BCUT2D eigenvalue weighted by Crippen LogP contribution is -2.58. The molecule has 100 valence electrons. The van der Waals surface area contributed by atoms with Crippen LogP contribution in [0.15, 0.2) is 0 Å². The van der Waals surface area contributed by atoms with E-state index in [1.54, 1.807) is 0 Å². The molecule has 2 rings (SSSR count). The van der Waals surface area contributed by atoms with Gasteiger partial charge in [0.05, 0.1) is 0 Å². The average Bonchev–Trinajstić information content (AvgIpc) is 3.14. The summed E-state index contributed by atoms with van der Waals surface area (Å²) in [5.41, 5.74) is 6.54. The molecule has 2 heteroatoms. The second-order valence-corrected chi connectivity index (χ2v) is 6.55. The predicted molar refractivity (Wildman–Crippen MR) is 74.0 cm³/mol.